The molecule has 21 heavy (non-hydrogen) atoms. The molecule has 0 saturated heterocycles. The van der Waals surface area contributed by atoms with Crippen molar-refractivity contribution in [2.75, 3.05) is 5.73 Å². The highest BCUT2D eigenvalue weighted by Crippen LogP contribution is 2.27. The molecule has 1 heterocycles. The van der Waals surface area contributed by atoms with Gasteiger partial charge in [-0.2, -0.15) is 0 Å². The van der Waals surface area contributed by atoms with E-state index in [2.05, 4.69) is 0 Å². The summed E-state index contributed by atoms with van der Waals surface area (Å²) in [5.74, 6) is 0.327. The Labute approximate surface area is 127 Å². The number of hydrogen-bond acceptors (Lipinski definition) is 3. The minimum Gasteiger partial charge on any atom is -0.451 e. The van der Waals surface area contributed by atoms with Crippen molar-refractivity contribution in [3.8, 4) is 0 Å². The standard InChI is InChI=1S/C17H14ClNO2/c18-14-3-1-2-12-10-16(21-17(12)14)15(20)9-6-11-4-7-13(19)8-5-11/h1-5,7-8,10H,6,9,19H2. The topological polar surface area (TPSA) is 56.2 Å². The molecule has 3 nitrogen and oxygen atoms in total. The van der Waals surface area contributed by atoms with Gasteiger partial charge in [-0.25, -0.2) is 0 Å². The first-order valence-corrected chi connectivity index (χ1v) is 7.07. The molecule has 3 rings (SSSR count). The molecule has 0 bridgehead atoms. The van der Waals surface area contributed by atoms with Gasteiger partial charge < -0.3 is 10.2 Å². The van der Waals surface area contributed by atoms with Gasteiger partial charge in [0.1, 0.15) is 0 Å². The smallest absolute Gasteiger partial charge is 0.198 e. The number of anilines is 1. The Balaban J connectivity index is 1.75. The van der Waals surface area contributed by atoms with Crippen LogP contribution < -0.4 is 5.73 Å². The summed E-state index contributed by atoms with van der Waals surface area (Å²) in [6, 6.07) is 14.7. The van der Waals surface area contributed by atoms with Gasteiger partial charge in [0.15, 0.2) is 17.1 Å². The maximum absolute atomic E-state index is 12.2. The number of aryl methyl sites for hydroxylation is 1. The first-order chi connectivity index (χ1) is 10.1. The van der Waals surface area contributed by atoms with Crippen LogP contribution in [-0.4, -0.2) is 5.78 Å². The second-order valence-corrected chi connectivity index (χ2v) is 5.34. The molecular formula is C17H14ClNO2. The molecule has 0 aliphatic rings. The molecule has 0 amide bonds. The SMILES string of the molecule is Nc1ccc(CCC(=O)c2cc3cccc(Cl)c3o2)cc1. The number of ketones is 1. The van der Waals surface area contributed by atoms with Crippen LogP contribution in [0.3, 0.4) is 0 Å². The molecule has 2 aromatic carbocycles. The lowest BCUT2D eigenvalue weighted by Crippen LogP contribution is -1.99. The number of fused-ring (bicyclic) bond motifs is 1. The van der Waals surface area contributed by atoms with E-state index in [1.54, 1.807) is 12.1 Å². The summed E-state index contributed by atoms with van der Waals surface area (Å²) in [6.45, 7) is 0. The van der Waals surface area contributed by atoms with Crippen molar-refractivity contribution >= 4 is 34.0 Å². The van der Waals surface area contributed by atoms with Crippen molar-refractivity contribution in [3.63, 3.8) is 0 Å². The van der Waals surface area contributed by atoms with Crippen LogP contribution in [0.25, 0.3) is 11.0 Å². The summed E-state index contributed by atoms with van der Waals surface area (Å²) in [5, 5.41) is 1.36. The highest BCUT2D eigenvalue weighted by Gasteiger charge is 2.13. The third-order valence-electron chi connectivity index (χ3n) is 3.39. The second-order valence-electron chi connectivity index (χ2n) is 4.93. The van der Waals surface area contributed by atoms with Crippen molar-refractivity contribution < 1.29 is 9.21 Å². The number of carbonyl (C=O) groups is 1. The number of Topliss-reactive ketones (excluding diaryl/α,β-unsaturated/α-hetero) is 1. The first-order valence-electron chi connectivity index (χ1n) is 6.69. The molecule has 3 aromatic rings. The van der Waals surface area contributed by atoms with Gasteiger partial charge in [0, 0.05) is 17.5 Å². The van der Waals surface area contributed by atoms with E-state index < -0.39 is 0 Å². The molecule has 1 aromatic heterocycles. The van der Waals surface area contributed by atoms with Crippen molar-refractivity contribution in [1.29, 1.82) is 0 Å². The van der Waals surface area contributed by atoms with Gasteiger partial charge in [-0.3, -0.25) is 4.79 Å². The van der Waals surface area contributed by atoms with E-state index in [1.807, 2.05) is 36.4 Å². The maximum atomic E-state index is 12.2. The fourth-order valence-corrected chi connectivity index (χ4v) is 2.45. The molecule has 106 valence electrons. The monoisotopic (exact) mass is 299 g/mol. The Kier molecular flexibility index (Phi) is 3.67. The molecule has 0 spiro atoms. The van der Waals surface area contributed by atoms with E-state index in [4.69, 9.17) is 21.8 Å². The predicted octanol–water partition coefficient (Wildman–Crippen LogP) is 4.48. The Morgan fingerprint density at radius 3 is 2.62 bits per heavy atom. The number of nitrogens with two attached hydrogens (primary N) is 1. The van der Waals surface area contributed by atoms with Crippen LogP contribution in [0.1, 0.15) is 22.5 Å². The number of nitrogen functional groups attached to an aromatic ring is 1. The maximum Gasteiger partial charge on any atom is 0.198 e. The van der Waals surface area contributed by atoms with Gasteiger partial charge in [0.25, 0.3) is 0 Å². The quantitative estimate of drug-likeness (QED) is 0.570. The number of carbonyl (C=O) groups excluding carboxylic acids is 1. The lowest BCUT2D eigenvalue weighted by molar-refractivity contribution is 0.0958. The van der Waals surface area contributed by atoms with Gasteiger partial charge in [0.2, 0.25) is 0 Å². The van der Waals surface area contributed by atoms with E-state index in [-0.39, 0.29) is 5.78 Å². The highest BCUT2D eigenvalue weighted by molar-refractivity contribution is 6.34. The molecule has 0 unspecified atom stereocenters. The normalized spacial score (nSPS) is 10.9. The minimum atomic E-state index is -0.0286. The largest absolute Gasteiger partial charge is 0.451 e. The van der Waals surface area contributed by atoms with Gasteiger partial charge in [-0.05, 0) is 36.2 Å². The van der Waals surface area contributed by atoms with Crippen molar-refractivity contribution in [3.05, 3.63) is 64.9 Å². The Bertz CT molecular complexity index is 790. The van der Waals surface area contributed by atoms with Crippen LogP contribution in [-0.2, 0) is 6.42 Å². The fraction of sp³-hybridized carbons (Fsp3) is 0.118. The van der Waals surface area contributed by atoms with Gasteiger partial charge in [0.05, 0.1) is 5.02 Å². The number of benzene rings is 2. The molecule has 0 aliphatic heterocycles. The Morgan fingerprint density at radius 2 is 1.90 bits per heavy atom. The van der Waals surface area contributed by atoms with Crippen LogP contribution in [0.15, 0.2) is 52.9 Å². The molecule has 0 saturated carbocycles. The van der Waals surface area contributed by atoms with Gasteiger partial charge in [-0.15, -0.1) is 0 Å². The average molecular weight is 300 g/mol. The van der Waals surface area contributed by atoms with Crippen molar-refractivity contribution in [2.45, 2.75) is 12.8 Å². The summed E-state index contributed by atoms with van der Waals surface area (Å²) in [7, 11) is 0. The van der Waals surface area contributed by atoms with Crippen molar-refractivity contribution in [2.24, 2.45) is 0 Å². The summed E-state index contributed by atoms with van der Waals surface area (Å²) < 4.78 is 5.57. The summed E-state index contributed by atoms with van der Waals surface area (Å²) in [4.78, 5) is 12.2. The fourth-order valence-electron chi connectivity index (χ4n) is 2.23. The molecule has 4 heteroatoms. The number of furan rings is 1. The lowest BCUT2D eigenvalue weighted by Gasteiger charge is -2.00. The molecule has 0 fully saturated rings. The van der Waals surface area contributed by atoms with Crippen molar-refractivity contribution in [1.82, 2.24) is 0 Å². The molecule has 0 aliphatic carbocycles. The summed E-state index contributed by atoms with van der Waals surface area (Å²) >= 11 is 6.05. The zero-order valence-corrected chi connectivity index (χ0v) is 12.1. The highest BCUT2D eigenvalue weighted by atomic mass is 35.5. The molecular weight excluding hydrogens is 286 g/mol. The predicted molar refractivity (Wildman–Crippen MR) is 84.7 cm³/mol. The van der Waals surface area contributed by atoms with E-state index in [1.165, 1.54) is 0 Å². The van der Waals surface area contributed by atoms with Crippen LogP contribution in [0.2, 0.25) is 5.02 Å². The van der Waals surface area contributed by atoms with E-state index >= 15 is 0 Å². The van der Waals surface area contributed by atoms with Crippen LogP contribution >= 0.6 is 11.6 Å². The Hall–Kier alpha value is -2.26. The van der Waals surface area contributed by atoms with Crippen LogP contribution in [0.4, 0.5) is 5.69 Å². The molecule has 0 radical (unpaired) electrons. The van der Waals surface area contributed by atoms with Gasteiger partial charge in [-0.1, -0.05) is 35.9 Å². The number of halogens is 1. The van der Waals surface area contributed by atoms with E-state index in [0.717, 1.165) is 16.6 Å². The van der Waals surface area contributed by atoms with E-state index in [9.17, 15) is 4.79 Å². The van der Waals surface area contributed by atoms with E-state index in [0.29, 0.717) is 29.2 Å². The number of hydrogen-bond donors (Lipinski definition) is 1. The van der Waals surface area contributed by atoms with Gasteiger partial charge >= 0.3 is 0 Å². The third kappa shape index (κ3) is 2.93. The third-order valence-corrected chi connectivity index (χ3v) is 3.69. The summed E-state index contributed by atoms with van der Waals surface area (Å²) in [5.41, 5.74) is 8.00. The zero-order chi connectivity index (χ0) is 14.8. The summed E-state index contributed by atoms with van der Waals surface area (Å²) in [6.07, 6.45) is 1.05. The average Bonchev–Trinajstić information content (AvgIpc) is 2.92. The number of para-hydroxylation sites is 1. The Morgan fingerprint density at radius 1 is 1.14 bits per heavy atom. The number of rotatable bonds is 4. The molecule has 0 atom stereocenters. The van der Waals surface area contributed by atoms with Crippen LogP contribution in [0, 0.1) is 0 Å². The zero-order valence-electron chi connectivity index (χ0n) is 11.3. The lowest BCUT2D eigenvalue weighted by atomic mass is 10.1. The first kappa shape index (κ1) is 13.7. The van der Waals surface area contributed by atoms with Crippen LogP contribution in [0.5, 0.6) is 0 Å². The minimum absolute atomic E-state index is 0.0286. The molecule has 2 N–H and O–H groups in total. The second kappa shape index (κ2) is 5.62.